The maximum atomic E-state index is 12.3. The molecule has 21 heavy (non-hydrogen) atoms. The molecule has 0 fully saturated rings. The number of ether oxygens (including phenoxy) is 1. The van der Waals surface area contributed by atoms with Gasteiger partial charge >= 0.3 is 0 Å². The molecule has 0 radical (unpaired) electrons. The van der Waals surface area contributed by atoms with Crippen LogP contribution in [0.1, 0.15) is 30.6 Å². The molecule has 0 saturated carbocycles. The van der Waals surface area contributed by atoms with E-state index in [-0.39, 0.29) is 17.7 Å². The molecule has 0 heterocycles. The van der Waals surface area contributed by atoms with Gasteiger partial charge in [0.25, 0.3) is 5.91 Å². The van der Waals surface area contributed by atoms with Gasteiger partial charge in [0.1, 0.15) is 11.8 Å². The van der Waals surface area contributed by atoms with Gasteiger partial charge in [0.05, 0.1) is 12.7 Å². The summed E-state index contributed by atoms with van der Waals surface area (Å²) in [6.45, 7) is 3.98. The summed E-state index contributed by atoms with van der Waals surface area (Å²) in [4.78, 5) is 24.2. The number of rotatable bonds is 6. The monoisotopic (exact) mass is 293 g/mol. The van der Waals surface area contributed by atoms with E-state index in [0.29, 0.717) is 23.4 Å². The zero-order valence-electron chi connectivity index (χ0n) is 12.9. The third-order valence-electron chi connectivity index (χ3n) is 3.05. The van der Waals surface area contributed by atoms with Gasteiger partial charge in [0.15, 0.2) is 0 Å². The fraction of sp³-hybridized carbons (Fsp3) is 0.467. The summed E-state index contributed by atoms with van der Waals surface area (Å²) < 4.78 is 5.16. The number of carbonyl (C=O) groups excluding carboxylic acids is 2. The second-order valence-corrected chi connectivity index (χ2v) is 5.23. The van der Waals surface area contributed by atoms with Crippen LogP contribution in [0.25, 0.3) is 0 Å². The zero-order valence-corrected chi connectivity index (χ0v) is 12.9. The maximum Gasteiger partial charge on any atom is 0.255 e. The lowest BCUT2D eigenvalue weighted by molar-refractivity contribution is -0.122. The van der Waals surface area contributed by atoms with Crippen molar-refractivity contribution in [3.05, 3.63) is 23.8 Å². The van der Waals surface area contributed by atoms with Gasteiger partial charge in [-0.2, -0.15) is 0 Å². The zero-order chi connectivity index (χ0) is 16.0. The van der Waals surface area contributed by atoms with Crippen LogP contribution in [0.2, 0.25) is 0 Å². The van der Waals surface area contributed by atoms with Crippen LogP contribution in [0, 0.1) is 5.92 Å². The number of amides is 2. The molecule has 0 spiro atoms. The SMILES string of the molecule is CNC(=O)C(CC(C)C)NC(=O)c1ccc(N)cc1OC. The fourth-order valence-electron chi connectivity index (χ4n) is 2.01. The summed E-state index contributed by atoms with van der Waals surface area (Å²) >= 11 is 0. The van der Waals surface area contributed by atoms with E-state index in [0.717, 1.165) is 0 Å². The molecule has 1 unspecified atom stereocenters. The van der Waals surface area contributed by atoms with Crippen LogP contribution < -0.4 is 21.1 Å². The average Bonchev–Trinajstić information content (AvgIpc) is 2.44. The third-order valence-corrected chi connectivity index (χ3v) is 3.05. The quantitative estimate of drug-likeness (QED) is 0.686. The molecule has 2 amide bonds. The Hall–Kier alpha value is -2.24. The number of likely N-dealkylation sites (N-methyl/N-ethyl adjacent to an activating group) is 1. The van der Waals surface area contributed by atoms with Crippen LogP contribution in [0.3, 0.4) is 0 Å². The predicted octanol–water partition coefficient (Wildman–Crippen LogP) is 1.17. The van der Waals surface area contributed by atoms with E-state index in [2.05, 4.69) is 10.6 Å². The van der Waals surface area contributed by atoms with Crippen LogP contribution in [0.5, 0.6) is 5.75 Å². The highest BCUT2D eigenvalue weighted by molar-refractivity contribution is 6.00. The lowest BCUT2D eigenvalue weighted by Crippen LogP contribution is -2.46. The number of methoxy groups -OCH3 is 1. The molecular formula is C15H23N3O3. The van der Waals surface area contributed by atoms with E-state index < -0.39 is 6.04 Å². The summed E-state index contributed by atoms with van der Waals surface area (Å²) in [7, 11) is 3.02. The first-order chi connectivity index (χ1) is 9.88. The molecule has 6 heteroatoms. The summed E-state index contributed by atoms with van der Waals surface area (Å²) in [5.74, 6) is 0.0844. The first-order valence-electron chi connectivity index (χ1n) is 6.85. The Morgan fingerprint density at radius 3 is 2.52 bits per heavy atom. The van der Waals surface area contributed by atoms with Crippen molar-refractivity contribution in [2.24, 2.45) is 5.92 Å². The van der Waals surface area contributed by atoms with Crippen LogP contribution in [-0.4, -0.2) is 32.0 Å². The highest BCUT2D eigenvalue weighted by Gasteiger charge is 2.23. The van der Waals surface area contributed by atoms with E-state index >= 15 is 0 Å². The first-order valence-corrected chi connectivity index (χ1v) is 6.85. The summed E-state index contributed by atoms with van der Waals surface area (Å²) in [5.41, 5.74) is 6.52. The van der Waals surface area contributed by atoms with Crippen LogP contribution in [0.4, 0.5) is 5.69 Å². The maximum absolute atomic E-state index is 12.3. The van der Waals surface area contributed by atoms with Crippen molar-refractivity contribution in [3.63, 3.8) is 0 Å². The number of hydrogen-bond donors (Lipinski definition) is 3. The van der Waals surface area contributed by atoms with Crippen LogP contribution in [-0.2, 0) is 4.79 Å². The highest BCUT2D eigenvalue weighted by atomic mass is 16.5. The van der Waals surface area contributed by atoms with Gasteiger partial charge in [-0.15, -0.1) is 0 Å². The minimum Gasteiger partial charge on any atom is -0.496 e. The second kappa shape index (κ2) is 7.52. The standard InChI is InChI=1S/C15H23N3O3/c1-9(2)7-12(15(20)17-3)18-14(19)11-6-5-10(16)8-13(11)21-4/h5-6,8-9,12H,7,16H2,1-4H3,(H,17,20)(H,18,19). The van der Waals surface area contributed by atoms with E-state index in [9.17, 15) is 9.59 Å². The van der Waals surface area contributed by atoms with Crippen LogP contribution >= 0.6 is 0 Å². The number of benzene rings is 1. The number of hydrogen-bond acceptors (Lipinski definition) is 4. The molecule has 0 aromatic heterocycles. The Balaban J connectivity index is 2.93. The van der Waals surface area contributed by atoms with E-state index in [1.54, 1.807) is 25.2 Å². The molecule has 0 bridgehead atoms. The van der Waals surface area contributed by atoms with Gasteiger partial charge < -0.3 is 21.1 Å². The molecule has 0 aliphatic rings. The van der Waals surface area contributed by atoms with Gasteiger partial charge in [-0.1, -0.05) is 13.8 Å². The van der Waals surface area contributed by atoms with Crippen molar-refractivity contribution in [1.82, 2.24) is 10.6 Å². The molecule has 1 rings (SSSR count). The molecule has 1 atom stereocenters. The molecule has 4 N–H and O–H groups in total. The number of anilines is 1. The Bertz CT molecular complexity index is 515. The van der Waals surface area contributed by atoms with E-state index in [1.807, 2.05) is 13.8 Å². The Morgan fingerprint density at radius 2 is 2.00 bits per heavy atom. The topological polar surface area (TPSA) is 93.5 Å². The Labute approximate surface area is 125 Å². The van der Waals surface area contributed by atoms with Gasteiger partial charge in [0.2, 0.25) is 5.91 Å². The molecule has 1 aromatic rings. The van der Waals surface area contributed by atoms with Crippen molar-refractivity contribution in [3.8, 4) is 5.75 Å². The minimum atomic E-state index is -0.579. The number of carbonyl (C=O) groups is 2. The summed E-state index contributed by atoms with van der Waals surface area (Å²) in [6.07, 6.45) is 0.558. The van der Waals surface area contributed by atoms with Crippen molar-refractivity contribution in [2.45, 2.75) is 26.3 Å². The van der Waals surface area contributed by atoms with Gasteiger partial charge in [-0.3, -0.25) is 9.59 Å². The van der Waals surface area contributed by atoms with E-state index in [1.165, 1.54) is 7.11 Å². The summed E-state index contributed by atoms with van der Waals surface area (Å²) in [5, 5.41) is 5.30. The normalized spacial score (nSPS) is 11.9. The lowest BCUT2D eigenvalue weighted by atomic mass is 10.0. The van der Waals surface area contributed by atoms with Crippen molar-refractivity contribution < 1.29 is 14.3 Å². The number of nitrogens with two attached hydrogens (primary N) is 1. The average molecular weight is 293 g/mol. The number of nitrogens with one attached hydrogen (secondary N) is 2. The molecule has 0 saturated heterocycles. The fourth-order valence-corrected chi connectivity index (χ4v) is 2.01. The molecule has 6 nitrogen and oxygen atoms in total. The second-order valence-electron chi connectivity index (χ2n) is 5.23. The minimum absolute atomic E-state index is 0.216. The predicted molar refractivity (Wildman–Crippen MR) is 82.2 cm³/mol. The highest BCUT2D eigenvalue weighted by Crippen LogP contribution is 2.21. The van der Waals surface area contributed by atoms with E-state index in [4.69, 9.17) is 10.5 Å². The third kappa shape index (κ3) is 4.66. The number of nitrogen functional groups attached to an aromatic ring is 1. The molecule has 0 aliphatic heterocycles. The van der Waals surface area contributed by atoms with Crippen molar-refractivity contribution >= 4 is 17.5 Å². The van der Waals surface area contributed by atoms with Crippen molar-refractivity contribution in [1.29, 1.82) is 0 Å². The molecule has 0 aliphatic carbocycles. The largest absolute Gasteiger partial charge is 0.496 e. The molecular weight excluding hydrogens is 270 g/mol. The first kappa shape index (κ1) is 16.8. The van der Waals surface area contributed by atoms with Gasteiger partial charge in [-0.25, -0.2) is 0 Å². The lowest BCUT2D eigenvalue weighted by Gasteiger charge is -2.19. The Morgan fingerprint density at radius 1 is 1.33 bits per heavy atom. The van der Waals surface area contributed by atoms with Gasteiger partial charge in [0, 0.05) is 18.8 Å². The van der Waals surface area contributed by atoms with Gasteiger partial charge in [-0.05, 0) is 24.5 Å². The van der Waals surface area contributed by atoms with Crippen LogP contribution in [0.15, 0.2) is 18.2 Å². The smallest absolute Gasteiger partial charge is 0.255 e. The molecule has 116 valence electrons. The van der Waals surface area contributed by atoms with Crippen molar-refractivity contribution in [2.75, 3.05) is 19.9 Å². The molecule has 1 aromatic carbocycles. The Kier molecular flexibility index (Phi) is 6.02. The summed E-state index contributed by atoms with van der Waals surface area (Å²) in [6, 6.07) is 4.20.